The molecule has 5 heterocycles. The van der Waals surface area contributed by atoms with Crippen LogP contribution in [-0.2, 0) is 0 Å². The number of azo groups is 2. The highest BCUT2D eigenvalue weighted by Gasteiger charge is 2.21. The lowest BCUT2D eigenvalue weighted by molar-refractivity contribution is -0.385. The monoisotopic (exact) mass is 1040 g/mol. The van der Waals surface area contributed by atoms with Crippen molar-refractivity contribution >= 4 is 113 Å². The van der Waals surface area contributed by atoms with Crippen molar-refractivity contribution in [3.05, 3.63) is 237 Å². The zero-order valence-electron chi connectivity index (χ0n) is 42.2. The average Bonchev–Trinajstić information content (AvgIpc) is 4.45. The fourth-order valence-corrected chi connectivity index (χ4v) is 10.3. The Hall–Kier alpha value is -11.5. The molecule has 8 aromatic carbocycles. The minimum Gasteiger partial charge on any atom is -0.398 e. The SMILES string of the molecule is Nc1ccc(N=Nc2ccc(-c3c4nc(c(-c5ccc([N+](=O)[O-])cc5)c5ccc([nH]5)c(-c5ccc(N=Nc6ccc(N)c7ccccc67)cc5)c5nc(c(-c6ccc([N+](=O)[O-])cc6)c6ccc3[nH]6)C=C5)C=C4)cc2)c2ccccc12. The van der Waals surface area contributed by atoms with Gasteiger partial charge in [0.25, 0.3) is 11.4 Å². The zero-order valence-corrected chi connectivity index (χ0v) is 42.2. The van der Waals surface area contributed by atoms with Gasteiger partial charge in [0.05, 0.1) is 55.4 Å². The van der Waals surface area contributed by atoms with E-state index in [4.69, 9.17) is 21.4 Å². The molecule has 0 fully saturated rings. The maximum atomic E-state index is 11.9. The van der Waals surface area contributed by atoms with Crippen molar-refractivity contribution in [2.24, 2.45) is 20.5 Å². The summed E-state index contributed by atoms with van der Waals surface area (Å²) in [6.07, 6.45) is 7.79. The summed E-state index contributed by atoms with van der Waals surface area (Å²) in [6.45, 7) is 0. The quantitative estimate of drug-likeness (QED) is 0.0443. The van der Waals surface area contributed by atoms with Crippen molar-refractivity contribution in [1.29, 1.82) is 0 Å². The number of nitrogens with one attached hydrogen (secondary N) is 2. The number of nitrogen functional groups attached to an aromatic ring is 2. The van der Waals surface area contributed by atoms with Crippen LogP contribution in [0.15, 0.2) is 215 Å². The number of nitro groups is 2. The molecule has 3 aromatic heterocycles. The normalized spacial score (nSPS) is 12.1. The number of nitrogens with two attached hydrogens (primary N) is 2. The second-order valence-corrected chi connectivity index (χ2v) is 19.0. The van der Waals surface area contributed by atoms with E-state index < -0.39 is 9.85 Å². The van der Waals surface area contributed by atoms with Gasteiger partial charge in [-0.05, 0) is 144 Å². The van der Waals surface area contributed by atoms with Crippen LogP contribution in [0, 0.1) is 20.2 Å². The highest BCUT2D eigenvalue weighted by Crippen LogP contribution is 2.41. The Morgan fingerprint density at radius 1 is 0.350 bits per heavy atom. The summed E-state index contributed by atoms with van der Waals surface area (Å²) in [5.41, 5.74) is 27.7. The van der Waals surface area contributed by atoms with E-state index >= 15 is 0 Å². The molecule has 80 heavy (non-hydrogen) atoms. The molecule has 2 aliphatic rings. The molecular weight excluding hydrogens is 1000 g/mol. The third-order valence-electron chi connectivity index (χ3n) is 14.2. The molecule has 2 aliphatic heterocycles. The molecule has 0 radical (unpaired) electrons. The molecular formula is C64H42N12O4. The summed E-state index contributed by atoms with van der Waals surface area (Å²) in [6, 6.07) is 59.2. The van der Waals surface area contributed by atoms with Gasteiger partial charge in [-0.2, -0.15) is 10.2 Å². The summed E-state index contributed by atoms with van der Waals surface area (Å²) < 4.78 is 0. The molecule has 0 atom stereocenters. The van der Waals surface area contributed by atoms with Crippen LogP contribution in [0.4, 0.5) is 45.5 Å². The van der Waals surface area contributed by atoms with Crippen LogP contribution < -0.4 is 11.5 Å². The topological polar surface area (TPSA) is 245 Å². The minimum absolute atomic E-state index is 0.0442. The molecule has 11 aromatic rings. The number of anilines is 2. The molecule has 0 saturated heterocycles. The lowest BCUT2D eigenvalue weighted by Gasteiger charge is -2.07. The Morgan fingerprint density at radius 3 is 0.963 bits per heavy atom. The first-order chi connectivity index (χ1) is 39.1. The van der Waals surface area contributed by atoms with Gasteiger partial charge in [-0.15, -0.1) is 10.2 Å². The van der Waals surface area contributed by atoms with E-state index in [1.165, 1.54) is 24.3 Å². The number of nitrogens with zero attached hydrogens (tertiary/aromatic N) is 8. The van der Waals surface area contributed by atoms with Crippen LogP contribution in [-0.4, -0.2) is 29.8 Å². The number of nitro benzene ring substituents is 2. The third-order valence-corrected chi connectivity index (χ3v) is 14.2. The molecule has 0 spiro atoms. The molecule has 0 amide bonds. The van der Waals surface area contributed by atoms with Crippen molar-refractivity contribution in [2.75, 3.05) is 11.5 Å². The summed E-state index contributed by atoms with van der Waals surface area (Å²) in [7, 11) is 0. The van der Waals surface area contributed by atoms with Gasteiger partial charge in [0.15, 0.2) is 0 Å². The number of aromatic nitrogens is 4. The summed E-state index contributed by atoms with van der Waals surface area (Å²) in [5, 5.41) is 45.9. The lowest BCUT2D eigenvalue weighted by Crippen LogP contribution is -1.91. The maximum Gasteiger partial charge on any atom is 0.269 e. The predicted molar refractivity (Wildman–Crippen MR) is 319 cm³/mol. The first-order valence-electron chi connectivity index (χ1n) is 25.3. The van der Waals surface area contributed by atoms with Crippen molar-refractivity contribution in [1.82, 2.24) is 19.9 Å². The lowest BCUT2D eigenvalue weighted by atomic mass is 10.0. The second-order valence-electron chi connectivity index (χ2n) is 19.0. The van der Waals surface area contributed by atoms with Crippen LogP contribution >= 0.6 is 0 Å². The number of non-ortho nitro benzene ring substituents is 2. The first-order valence-corrected chi connectivity index (χ1v) is 25.3. The van der Waals surface area contributed by atoms with Gasteiger partial charge in [-0.1, -0.05) is 72.8 Å². The van der Waals surface area contributed by atoms with Gasteiger partial charge in [0, 0.05) is 102 Å². The fraction of sp³-hybridized carbons (Fsp3) is 0. The minimum atomic E-state index is -0.420. The van der Waals surface area contributed by atoms with E-state index in [-0.39, 0.29) is 11.4 Å². The van der Waals surface area contributed by atoms with Crippen molar-refractivity contribution < 1.29 is 9.85 Å². The third kappa shape index (κ3) is 8.95. The van der Waals surface area contributed by atoms with Crippen LogP contribution in [0.5, 0.6) is 0 Å². The van der Waals surface area contributed by atoms with Crippen molar-refractivity contribution in [3.8, 4) is 44.5 Å². The Balaban J connectivity index is 1.02. The van der Waals surface area contributed by atoms with Crippen LogP contribution in [0.3, 0.4) is 0 Å². The molecule has 6 N–H and O–H groups in total. The largest absolute Gasteiger partial charge is 0.398 e. The van der Waals surface area contributed by atoms with Gasteiger partial charge in [-0.3, -0.25) is 20.2 Å². The van der Waals surface area contributed by atoms with Crippen LogP contribution in [0.1, 0.15) is 22.8 Å². The van der Waals surface area contributed by atoms with Crippen LogP contribution in [0.25, 0.3) is 112 Å². The van der Waals surface area contributed by atoms with E-state index in [0.717, 1.165) is 54.8 Å². The Morgan fingerprint density at radius 2 is 0.650 bits per heavy atom. The summed E-state index contributed by atoms with van der Waals surface area (Å²) >= 11 is 0. The Bertz CT molecular complexity index is 4360. The summed E-state index contributed by atoms with van der Waals surface area (Å²) in [4.78, 5) is 41.1. The van der Waals surface area contributed by atoms with E-state index in [9.17, 15) is 20.2 Å². The molecule has 16 heteroatoms. The van der Waals surface area contributed by atoms with E-state index in [0.29, 0.717) is 90.2 Å². The van der Waals surface area contributed by atoms with Gasteiger partial charge in [0.2, 0.25) is 0 Å². The van der Waals surface area contributed by atoms with E-state index in [1.807, 2.05) is 170 Å². The Labute approximate surface area is 454 Å². The molecule has 16 nitrogen and oxygen atoms in total. The van der Waals surface area contributed by atoms with Crippen LogP contribution in [0.2, 0.25) is 0 Å². The van der Waals surface area contributed by atoms with E-state index in [2.05, 4.69) is 30.4 Å². The number of fused-ring (bicyclic) bond motifs is 10. The first kappa shape index (κ1) is 48.1. The average molecular weight is 1040 g/mol. The van der Waals surface area contributed by atoms with Crippen molar-refractivity contribution in [2.45, 2.75) is 0 Å². The molecule has 8 bridgehead atoms. The van der Waals surface area contributed by atoms with Gasteiger partial charge >= 0.3 is 0 Å². The highest BCUT2D eigenvalue weighted by atomic mass is 16.6. The number of aromatic amines is 2. The van der Waals surface area contributed by atoms with E-state index in [1.54, 1.807) is 24.3 Å². The number of hydrogen-bond acceptors (Lipinski definition) is 12. The highest BCUT2D eigenvalue weighted by molar-refractivity contribution is 6.03. The molecule has 13 rings (SSSR count). The predicted octanol–water partition coefficient (Wildman–Crippen LogP) is 17.4. The summed E-state index contributed by atoms with van der Waals surface area (Å²) in [5.74, 6) is 0. The number of rotatable bonds is 10. The second kappa shape index (κ2) is 19.9. The smallest absolute Gasteiger partial charge is 0.269 e. The maximum absolute atomic E-state index is 11.9. The molecule has 0 saturated carbocycles. The van der Waals surface area contributed by atoms with Gasteiger partial charge in [-0.25, -0.2) is 9.97 Å². The van der Waals surface area contributed by atoms with Gasteiger partial charge in [0.1, 0.15) is 0 Å². The number of hydrogen-bond donors (Lipinski definition) is 4. The fourth-order valence-electron chi connectivity index (χ4n) is 10.3. The molecule has 0 aliphatic carbocycles. The number of H-pyrrole nitrogens is 2. The Kier molecular flexibility index (Phi) is 12.0. The zero-order chi connectivity index (χ0) is 54.4. The van der Waals surface area contributed by atoms with Gasteiger partial charge < -0.3 is 21.4 Å². The standard InChI is InChI=1S/C64H42N12O4/c65-49-25-27-51(47-7-3-1-5-45(47)49)73-71-41-17-9-37(10-18-41)61-53-29-33-57(67-53)63(39-13-21-43(22-14-39)75(77)78)59-35-31-55(69-59)62(38-11-19-42(20-12-38)72-74-52-28-26-50(66)46-6-2-4-8-48(46)52)56-32-36-60(70-56)64(58-34-30-54(61)68-58)40-15-23-44(24-16-40)76(79)80/h1-36,67,70H,65-66H2. The molecule has 0 unspecified atom stereocenters. The molecule has 382 valence electrons. The van der Waals surface area contributed by atoms with Crippen molar-refractivity contribution in [3.63, 3.8) is 0 Å². The number of benzene rings is 8.